The molecule has 0 aromatic carbocycles. The average molecular weight is 207 g/mol. The van der Waals surface area contributed by atoms with Gasteiger partial charge in [-0.2, -0.15) is 0 Å². The number of aromatic nitrogens is 1. The summed E-state index contributed by atoms with van der Waals surface area (Å²) in [5, 5.41) is 0.862. The molecule has 0 saturated heterocycles. The zero-order valence-electron chi connectivity index (χ0n) is 6.42. The monoisotopic (exact) mass is 206 g/mol. The summed E-state index contributed by atoms with van der Waals surface area (Å²) in [4.78, 5) is 8.44. The maximum Gasteiger partial charge on any atom is 0.130 e. The van der Waals surface area contributed by atoms with Crippen molar-refractivity contribution in [2.75, 3.05) is 0 Å². The maximum absolute atomic E-state index is 5.84. The van der Waals surface area contributed by atoms with Gasteiger partial charge in [-0.05, 0) is 13.0 Å². The van der Waals surface area contributed by atoms with E-state index in [2.05, 4.69) is 9.82 Å². The average Bonchev–Trinajstić information content (AvgIpc) is 2.03. The van der Waals surface area contributed by atoms with Crippen LogP contribution in [0.15, 0.2) is 12.3 Å². The summed E-state index contributed by atoms with van der Waals surface area (Å²) in [6.45, 7) is 1.77. The van der Waals surface area contributed by atoms with Gasteiger partial charge in [-0.3, -0.25) is 4.84 Å². The summed E-state index contributed by atoms with van der Waals surface area (Å²) in [5.74, 6) is 4.99. The van der Waals surface area contributed by atoms with Crippen molar-refractivity contribution in [2.24, 2.45) is 5.90 Å². The molecule has 1 heterocycles. The summed E-state index contributed by atoms with van der Waals surface area (Å²) in [6, 6.07) is 1.55. The Balaban J connectivity index is 3.01. The first-order valence-electron chi connectivity index (χ1n) is 3.31. The van der Waals surface area contributed by atoms with Gasteiger partial charge in [0.05, 0.1) is 5.02 Å². The van der Waals surface area contributed by atoms with Crippen molar-refractivity contribution in [3.63, 3.8) is 0 Å². The molecule has 1 aromatic heterocycles. The fourth-order valence-electron chi connectivity index (χ4n) is 0.790. The first-order valence-corrected chi connectivity index (χ1v) is 4.07. The lowest BCUT2D eigenvalue weighted by molar-refractivity contribution is 0.0662. The third-order valence-electron chi connectivity index (χ3n) is 1.49. The van der Waals surface area contributed by atoms with E-state index < -0.39 is 0 Å². The minimum Gasteiger partial charge on any atom is -0.297 e. The molecule has 0 amide bonds. The van der Waals surface area contributed by atoms with Gasteiger partial charge in [0.15, 0.2) is 0 Å². The van der Waals surface area contributed by atoms with E-state index >= 15 is 0 Å². The number of nitrogens with two attached hydrogens (primary N) is 1. The summed E-state index contributed by atoms with van der Waals surface area (Å²) in [6.07, 6.45) is 1.27. The molecule has 1 aromatic rings. The van der Waals surface area contributed by atoms with Crippen LogP contribution in [0.2, 0.25) is 10.2 Å². The fraction of sp³-hybridized carbons (Fsp3) is 0.286. The van der Waals surface area contributed by atoms with Crippen LogP contribution in [0, 0.1) is 0 Å². The van der Waals surface area contributed by atoms with Crippen LogP contribution in [0.4, 0.5) is 0 Å². The summed E-state index contributed by atoms with van der Waals surface area (Å²) in [7, 11) is 0. The largest absolute Gasteiger partial charge is 0.297 e. The standard InChI is InChI=1S/C7H8Cl2N2O/c1-4(12-10)5-3-11-7(9)2-6(5)8/h2-4H,10H2,1H3. The highest BCUT2D eigenvalue weighted by Crippen LogP contribution is 2.25. The second-order valence-electron chi connectivity index (χ2n) is 2.31. The first kappa shape index (κ1) is 9.74. The van der Waals surface area contributed by atoms with Crippen molar-refractivity contribution in [2.45, 2.75) is 13.0 Å². The number of hydrogen-bond donors (Lipinski definition) is 1. The predicted octanol–water partition coefficient (Wildman–Crippen LogP) is 2.34. The van der Waals surface area contributed by atoms with Crippen LogP contribution in [-0.2, 0) is 4.84 Å². The molecule has 0 aliphatic carbocycles. The molecule has 0 bridgehead atoms. The molecular weight excluding hydrogens is 199 g/mol. The van der Waals surface area contributed by atoms with E-state index in [0.29, 0.717) is 10.2 Å². The molecule has 3 nitrogen and oxygen atoms in total. The lowest BCUT2D eigenvalue weighted by Gasteiger charge is -2.09. The lowest BCUT2D eigenvalue weighted by atomic mass is 10.2. The van der Waals surface area contributed by atoms with Gasteiger partial charge < -0.3 is 0 Å². The highest BCUT2D eigenvalue weighted by Gasteiger charge is 2.09. The molecule has 0 fully saturated rings. The predicted molar refractivity (Wildman–Crippen MR) is 47.9 cm³/mol. The van der Waals surface area contributed by atoms with E-state index in [1.54, 1.807) is 19.2 Å². The molecule has 0 aliphatic rings. The Labute approximate surface area is 80.4 Å². The summed E-state index contributed by atoms with van der Waals surface area (Å²) in [5.41, 5.74) is 0.726. The van der Waals surface area contributed by atoms with Crippen molar-refractivity contribution < 1.29 is 4.84 Å². The molecule has 0 aliphatic heterocycles. The van der Waals surface area contributed by atoms with E-state index in [9.17, 15) is 0 Å². The van der Waals surface area contributed by atoms with Crippen molar-refractivity contribution in [1.29, 1.82) is 0 Å². The first-order chi connectivity index (χ1) is 5.65. The molecule has 0 saturated carbocycles. The van der Waals surface area contributed by atoms with Gasteiger partial charge in [-0.25, -0.2) is 10.9 Å². The number of nitrogens with zero attached hydrogens (tertiary/aromatic N) is 1. The Bertz CT molecular complexity index is 280. The van der Waals surface area contributed by atoms with E-state index in [0.717, 1.165) is 5.56 Å². The number of pyridine rings is 1. The summed E-state index contributed by atoms with van der Waals surface area (Å²) < 4.78 is 0. The fourth-order valence-corrected chi connectivity index (χ4v) is 1.31. The van der Waals surface area contributed by atoms with E-state index in [1.165, 1.54) is 0 Å². The maximum atomic E-state index is 5.84. The van der Waals surface area contributed by atoms with Gasteiger partial charge in [0.1, 0.15) is 11.3 Å². The third kappa shape index (κ3) is 2.08. The van der Waals surface area contributed by atoms with Crippen molar-refractivity contribution >= 4 is 23.2 Å². The van der Waals surface area contributed by atoms with Crippen LogP contribution < -0.4 is 5.90 Å². The van der Waals surface area contributed by atoms with Gasteiger partial charge in [-0.1, -0.05) is 23.2 Å². The molecule has 0 radical (unpaired) electrons. The SMILES string of the molecule is CC(ON)c1cnc(Cl)cc1Cl. The van der Waals surface area contributed by atoms with Crippen molar-refractivity contribution in [3.8, 4) is 0 Å². The van der Waals surface area contributed by atoms with Gasteiger partial charge >= 0.3 is 0 Å². The molecule has 0 spiro atoms. The normalized spacial score (nSPS) is 13.0. The number of halogens is 2. The Morgan fingerprint density at radius 3 is 2.75 bits per heavy atom. The highest BCUT2D eigenvalue weighted by atomic mass is 35.5. The molecule has 66 valence electrons. The molecule has 1 rings (SSSR count). The molecule has 1 atom stereocenters. The van der Waals surface area contributed by atoms with E-state index in [4.69, 9.17) is 29.1 Å². The van der Waals surface area contributed by atoms with Gasteiger partial charge in [-0.15, -0.1) is 0 Å². The van der Waals surface area contributed by atoms with Crippen LogP contribution in [0.3, 0.4) is 0 Å². The van der Waals surface area contributed by atoms with Crippen LogP contribution in [-0.4, -0.2) is 4.98 Å². The second-order valence-corrected chi connectivity index (χ2v) is 3.10. The van der Waals surface area contributed by atoms with Gasteiger partial charge in [0, 0.05) is 11.8 Å². The van der Waals surface area contributed by atoms with E-state index in [1.807, 2.05) is 0 Å². The Kier molecular flexibility index (Phi) is 3.29. The topological polar surface area (TPSA) is 48.1 Å². The Morgan fingerprint density at radius 2 is 2.25 bits per heavy atom. The lowest BCUT2D eigenvalue weighted by Crippen LogP contribution is -2.06. The van der Waals surface area contributed by atoms with Crippen LogP contribution >= 0.6 is 23.2 Å². The smallest absolute Gasteiger partial charge is 0.130 e. The second kappa shape index (κ2) is 4.05. The van der Waals surface area contributed by atoms with Gasteiger partial charge in [0.25, 0.3) is 0 Å². The Morgan fingerprint density at radius 1 is 1.58 bits per heavy atom. The molecule has 12 heavy (non-hydrogen) atoms. The summed E-state index contributed by atoms with van der Waals surface area (Å²) >= 11 is 11.4. The van der Waals surface area contributed by atoms with Crippen LogP contribution in [0.1, 0.15) is 18.6 Å². The third-order valence-corrected chi connectivity index (χ3v) is 2.02. The zero-order chi connectivity index (χ0) is 9.14. The minimum absolute atomic E-state index is 0.276. The van der Waals surface area contributed by atoms with Crippen LogP contribution in [0.25, 0.3) is 0 Å². The molecule has 1 unspecified atom stereocenters. The van der Waals surface area contributed by atoms with E-state index in [-0.39, 0.29) is 6.10 Å². The number of hydrogen-bond acceptors (Lipinski definition) is 3. The number of rotatable bonds is 2. The van der Waals surface area contributed by atoms with Gasteiger partial charge in [0.2, 0.25) is 0 Å². The Hall–Kier alpha value is -0.350. The zero-order valence-corrected chi connectivity index (χ0v) is 7.93. The van der Waals surface area contributed by atoms with Crippen molar-refractivity contribution in [3.05, 3.63) is 28.0 Å². The quantitative estimate of drug-likeness (QED) is 0.598. The molecular formula is C7H8Cl2N2O. The van der Waals surface area contributed by atoms with Crippen molar-refractivity contribution in [1.82, 2.24) is 4.98 Å². The van der Waals surface area contributed by atoms with Crippen LogP contribution in [0.5, 0.6) is 0 Å². The molecule has 5 heteroatoms. The molecule has 2 N–H and O–H groups in total. The minimum atomic E-state index is -0.276. The highest BCUT2D eigenvalue weighted by molar-refractivity contribution is 6.34.